The summed E-state index contributed by atoms with van der Waals surface area (Å²) in [6.45, 7) is 3.12. The van der Waals surface area contributed by atoms with E-state index in [2.05, 4.69) is 4.74 Å². The zero-order valence-electron chi connectivity index (χ0n) is 11.7. The van der Waals surface area contributed by atoms with Gasteiger partial charge in [-0.05, 0) is 24.7 Å². The summed E-state index contributed by atoms with van der Waals surface area (Å²) in [5, 5.41) is 0. The second kappa shape index (κ2) is 7.11. The van der Waals surface area contributed by atoms with Crippen molar-refractivity contribution in [1.82, 2.24) is 4.90 Å². The van der Waals surface area contributed by atoms with Gasteiger partial charge in [0.15, 0.2) is 0 Å². The van der Waals surface area contributed by atoms with E-state index in [9.17, 15) is 13.2 Å². The Kier molecular flexibility index (Phi) is 5.44. The first-order valence-electron chi connectivity index (χ1n) is 6.65. The maximum Gasteiger partial charge on any atom is 0.573 e. The van der Waals surface area contributed by atoms with Crippen LogP contribution < -0.4 is 4.74 Å². The monoisotopic (exact) mass is 305 g/mol. The molecule has 1 fully saturated rings. The van der Waals surface area contributed by atoms with Gasteiger partial charge < -0.3 is 14.2 Å². The molecule has 0 aliphatic carbocycles. The lowest BCUT2D eigenvalue weighted by atomic mass is 10.2. The van der Waals surface area contributed by atoms with E-state index in [1.807, 2.05) is 11.9 Å². The van der Waals surface area contributed by atoms with Crippen LogP contribution in [0.3, 0.4) is 0 Å². The van der Waals surface area contributed by atoms with Crippen LogP contribution in [-0.2, 0) is 16.0 Å². The third kappa shape index (κ3) is 5.91. The Morgan fingerprint density at radius 3 is 2.52 bits per heavy atom. The minimum atomic E-state index is -4.66. The van der Waals surface area contributed by atoms with Gasteiger partial charge in [-0.25, -0.2) is 0 Å². The van der Waals surface area contributed by atoms with Gasteiger partial charge in [-0.3, -0.25) is 4.90 Å². The zero-order valence-corrected chi connectivity index (χ0v) is 11.7. The molecule has 0 N–H and O–H groups in total. The first-order valence-corrected chi connectivity index (χ1v) is 6.65. The molecule has 0 bridgehead atoms. The van der Waals surface area contributed by atoms with Crippen LogP contribution in [0.25, 0.3) is 0 Å². The molecule has 1 aromatic rings. The lowest BCUT2D eigenvalue weighted by Gasteiger charge is -2.27. The van der Waals surface area contributed by atoms with Crippen molar-refractivity contribution in [3.05, 3.63) is 29.8 Å². The Balaban J connectivity index is 1.81. The summed E-state index contributed by atoms with van der Waals surface area (Å²) in [6.07, 6.45) is -4.62. The van der Waals surface area contributed by atoms with Gasteiger partial charge in [0.1, 0.15) is 5.75 Å². The Morgan fingerprint density at radius 1 is 1.24 bits per heavy atom. The SMILES string of the molecule is CN(Cc1ccc(OC(F)(F)F)cc1)CC1COCCO1. The molecule has 0 spiro atoms. The number of halogens is 3. The molecule has 1 heterocycles. The van der Waals surface area contributed by atoms with Crippen molar-refractivity contribution in [3.8, 4) is 5.75 Å². The van der Waals surface area contributed by atoms with Gasteiger partial charge in [-0.2, -0.15) is 0 Å². The first-order chi connectivity index (χ1) is 9.92. The average molecular weight is 305 g/mol. The third-order valence-electron chi connectivity index (χ3n) is 3.01. The molecule has 1 unspecified atom stereocenters. The fraction of sp³-hybridized carbons (Fsp3) is 0.571. The summed E-state index contributed by atoms with van der Waals surface area (Å²) in [5.74, 6) is -0.210. The van der Waals surface area contributed by atoms with Gasteiger partial charge in [0.25, 0.3) is 0 Å². The van der Waals surface area contributed by atoms with Gasteiger partial charge in [-0.15, -0.1) is 13.2 Å². The fourth-order valence-electron chi connectivity index (χ4n) is 2.16. The molecule has 21 heavy (non-hydrogen) atoms. The van der Waals surface area contributed by atoms with Crippen molar-refractivity contribution in [2.45, 2.75) is 19.0 Å². The molecule has 4 nitrogen and oxygen atoms in total. The summed E-state index contributed by atoms with van der Waals surface area (Å²) < 4.78 is 50.9. The Morgan fingerprint density at radius 2 is 1.95 bits per heavy atom. The number of likely N-dealkylation sites (N-methyl/N-ethyl adjacent to an activating group) is 1. The van der Waals surface area contributed by atoms with Crippen LogP contribution in [0.5, 0.6) is 5.75 Å². The number of nitrogens with zero attached hydrogens (tertiary/aromatic N) is 1. The van der Waals surface area contributed by atoms with Crippen molar-refractivity contribution < 1.29 is 27.4 Å². The molecule has 1 aliphatic heterocycles. The molecular formula is C14H18F3NO3. The van der Waals surface area contributed by atoms with Crippen molar-refractivity contribution in [1.29, 1.82) is 0 Å². The van der Waals surface area contributed by atoms with Crippen molar-refractivity contribution in [2.75, 3.05) is 33.4 Å². The lowest BCUT2D eigenvalue weighted by molar-refractivity contribution is -0.274. The van der Waals surface area contributed by atoms with Crippen molar-refractivity contribution in [2.24, 2.45) is 0 Å². The van der Waals surface area contributed by atoms with E-state index in [0.29, 0.717) is 32.9 Å². The molecule has 118 valence electrons. The molecule has 1 saturated heterocycles. The van der Waals surface area contributed by atoms with Gasteiger partial charge >= 0.3 is 6.36 Å². The van der Waals surface area contributed by atoms with E-state index in [4.69, 9.17) is 9.47 Å². The zero-order chi connectivity index (χ0) is 15.3. The number of hydrogen-bond acceptors (Lipinski definition) is 4. The van der Waals surface area contributed by atoms with Crippen LogP contribution in [0.15, 0.2) is 24.3 Å². The second-order valence-corrected chi connectivity index (χ2v) is 4.96. The molecule has 1 atom stereocenters. The summed E-state index contributed by atoms with van der Waals surface area (Å²) >= 11 is 0. The number of benzene rings is 1. The molecule has 2 rings (SSSR count). The molecule has 0 radical (unpaired) electrons. The third-order valence-corrected chi connectivity index (χ3v) is 3.01. The second-order valence-electron chi connectivity index (χ2n) is 4.96. The number of ether oxygens (including phenoxy) is 3. The molecule has 0 saturated carbocycles. The van der Waals surface area contributed by atoms with E-state index in [1.165, 1.54) is 12.1 Å². The first kappa shape index (κ1) is 16.1. The van der Waals surface area contributed by atoms with Gasteiger partial charge in [-0.1, -0.05) is 12.1 Å². The molecular weight excluding hydrogens is 287 g/mol. The molecule has 0 aromatic heterocycles. The predicted octanol–water partition coefficient (Wildman–Crippen LogP) is 2.43. The highest BCUT2D eigenvalue weighted by atomic mass is 19.4. The Labute approximate surface area is 121 Å². The maximum absolute atomic E-state index is 12.1. The summed E-state index contributed by atoms with van der Waals surface area (Å²) in [6, 6.07) is 5.87. The van der Waals surface area contributed by atoms with E-state index in [-0.39, 0.29) is 11.9 Å². The summed E-state index contributed by atoms with van der Waals surface area (Å²) in [4.78, 5) is 2.04. The Bertz CT molecular complexity index is 430. The quantitative estimate of drug-likeness (QED) is 0.836. The largest absolute Gasteiger partial charge is 0.573 e. The molecule has 1 aliphatic rings. The summed E-state index contributed by atoms with van der Waals surface area (Å²) in [7, 11) is 1.93. The number of alkyl halides is 3. The highest BCUT2D eigenvalue weighted by molar-refractivity contribution is 5.27. The maximum atomic E-state index is 12.1. The van der Waals surface area contributed by atoms with Crippen LogP contribution >= 0.6 is 0 Å². The minimum Gasteiger partial charge on any atom is -0.406 e. The average Bonchev–Trinajstić information content (AvgIpc) is 2.40. The highest BCUT2D eigenvalue weighted by Gasteiger charge is 2.30. The van der Waals surface area contributed by atoms with Crippen LogP contribution in [0.4, 0.5) is 13.2 Å². The predicted molar refractivity (Wildman–Crippen MR) is 70.0 cm³/mol. The summed E-state index contributed by atoms with van der Waals surface area (Å²) in [5.41, 5.74) is 0.906. The number of rotatable bonds is 5. The van der Waals surface area contributed by atoms with E-state index in [0.717, 1.165) is 5.56 Å². The highest BCUT2D eigenvalue weighted by Crippen LogP contribution is 2.23. The minimum absolute atomic E-state index is 0.0385. The van der Waals surface area contributed by atoms with Gasteiger partial charge in [0.05, 0.1) is 25.9 Å². The van der Waals surface area contributed by atoms with Crippen molar-refractivity contribution >= 4 is 0 Å². The van der Waals surface area contributed by atoms with Crippen molar-refractivity contribution in [3.63, 3.8) is 0 Å². The fourth-order valence-corrected chi connectivity index (χ4v) is 2.16. The molecule has 1 aromatic carbocycles. The molecule has 7 heteroatoms. The lowest BCUT2D eigenvalue weighted by Crippen LogP contribution is -2.38. The normalized spacial score (nSPS) is 19.8. The topological polar surface area (TPSA) is 30.9 Å². The standard InChI is InChI=1S/C14H18F3NO3/c1-18(9-13-10-19-6-7-20-13)8-11-2-4-12(5-3-11)21-14(15,16)17/h2-5,13H,6-10H2,1H3. The van der Waals surface area contributed by atoms with E-state index < -0.39 is 6.36 Å². The smallest absolute Gasteiger partial charge is 0.406 e. The van der Waals surface area contributed by atoms with E-state index in [1.54, 1.807) is 12.1 Å². The molecule has 0 amide bonds. The van der Waals surface area contributed by atoms with Crippen LogP contribution in [-0.4, -0.2) is 50.8 Å². The van der Waals surface area contributed by atoms with Crippen LogP contribution in [0.1, 0.15) is 5.56 Å². The Hall–Kier alpha value is -1.31. The van der Waals surface area contributed by atoms with Gasteiger partial charge in [0.2, 0.25) is 0 Å². The van der Waals surface area contributed by atoms with Crippen LogP contribution in [0.2, 0.25) is 0 Å². The van der Waals surface area contributed by atoms with Crippen LogP contribution in [0, 0.1) is 0 Å². The van der Waals surface area contributed by atoms with E-state index >= 15 is 0 Å². The van der Waals surface area contributed by atoms with Gasteiger partial charge in [0, 0.05) is 13.1 Å². The number of hydrogen-bond donors (Lipinski definition) is 0.